The minimum absolute atomic E-state index is 0.0817. The van der Waals surface area contributed by atoms with Crippen LogP contribution >= 0.6 is 11.6 Å². The van der Waals surface area contributed by atoms with E-state index in [0.717, 1.165) is 17.5 Å². The summed E-state index contributed by atoms with van der Waals surface area (Å²) in [6.07, 6.45) is 1.91. The smallest absolute Gasteiger partial charge is 0.191 e. The van der Waals surface area contributed by atoms with Gasteiger partial charge < -0.3 is 10.6 Å². The van der Waals surface area contributed by atoms with Gasteiger partial charge in [0.05, 0.1) is 16.5 Å². The molecule has 0 bridgehead atoms. The number of guanidine groups is 1. The SMILES string of the molecule is CCNC(=NCc1ccc(F)c(Cl)c1)NCCc1ccc(S(C)(=O)=O)cc1. The van der Waals surface area contributed by atoms with Crippen LogP contribution in [0.25, 0.3) is 0 Å². The molecule has 2 aromatic carbocycles. The van der Waals surface area contributed by atoms with Crippen LogP contribution in [0.15, 0.2) is 52.4 Å². The highest BCUT2D eigenvalue weighted by Crippen LogP contribution is 2.16. The first kappa shape index (κ1) is 21.2. The minimum atomic E-state index is -3.18. The Kier molecular flexibility index (Phi) is 7.62. The van der Waals surface area contributed by atoms with Gasteiger partial charge in [-0.2, -0.15) is 0 Å². The van der Waals surface area contributed by atoms with Crippen LogP contribution in [0.4, 0.5) is 4.39 Å². The molecule has 0 aliphatic heterocycles. The molecule has 0 unspecified atom stereocenters. The third kappa shape index (κ3) is 6.84. The van der Waals surface area contributed by atoms with Gasteiger partial charge in [-0.25, -0.2) is 17.8 Å². The van der Waals surface area contributed by atoms with Gasteiger partial charge in [-0.05, 0) is 48.7 Å². The molecular weight excluding hydrogens is 389 g/mol. The Bertz CT molecular complexity index is 900. The first-order valence-electron chi connectivity index (χ1n) is 8.54. The highest BCUT2D eigenvalue weighted by Gasteiger charge is 2.06. The van der Waals surface area contributed by atoms with E-state index in [4.69, 9.17) is 11.6 Å². The number of nitrogens with one attached hydrogen (secondary N) is 2. The molecule has 0 aliphatic rings. The van der Waals surface area contributed by atoms with Crippen molar-refractivity contribution in [2.45, 2.75) is 24.8 Å². The van der Waals surface area contributed by atoms with E-state index in [-0.39, 0.29) is 5.02 Å². The van der Waals surface area contributed by atoms with E-state index < -0.39 is 15.7 Å². The summed E-state index contributed by atoms with van der Waals surface area (Å²) in [7, 11) is -3.18. The van der Waals surface area contributed by atoms with Crippen molar-refractivity contribution in [2.75, 3.05) is 19.3 Å². The Morgan fingerprint density at radius 1 is 1.11 bits per heavy atom. The fourth-order valence-corrected chi connectivity index (χ4v) is 3.21. The van der Waals surface area contributed by atoms with Crippen LogP contribution in [0, 0.1) is 5.82 Å². The summed E-state index contributed by atoms with van der Waals surface area (Å²) < 4.78 is 36.2. The predicted molar refractivity (Wildman–Crippen MR) is 107 cm³/mol. The van der Waals surface area contributed by atoms with Crippen LogP contribution in [-0.2, 0) is 22.8 Å². The lowest BCUT2D eigenvalue weighted by Gasteiger charge is -2.11. The van der Waals surface area contributed by atoms with Gasteiger partial charge in [-0.3, -0.25) is 0 Å². The fourth-order valence-electron chi connectivity index (χ4n) is 2.38. The Labute approximate surface area is 164 Å². The molecule has 27 heavy (non-hydrogen) atoms. The second kappa shape index (κ2) is 9.71. The molecule has 0 spiro atoms. The zero-order valence-corrected chi connectivity index (χ0v) is 16.9. The molecule has 146 valence electrons. The van der Waals surface area contributed by atoms with Gasteiger partial charge in [0.15, 0.2) is 15.8 Å². The van der Waals surface area contributed by atoms with Gasteiger partial charge in [0.1, 0.15) is 5.82 Å². The zero-order valence-electron chi connectivity index (χ0n) is 15.3. The Morgan fingerprint density at radius 2 is 1.78 bits per heavy atom. The van der Waals surface area contributed by atoms with E-state index in [1.54, 1.807) is 24.3 Å². The maximum Gasteiger partial charge on any atom is 0.191 e. The van der Waals surface area contributed by atoms with Gasteiger partial charge in [-0.15, -0.1) is 0 Å². The largest absolute Gasteiger partial charge is 0.357 e. The van der Waals surface area contributed by atoms with E-state index in [1.807, 2.05) is 19.1 Å². The van der Waals surface area contributed by atoms with Crippen LogP contribution in [0.1, 0.15) is 18.1 Å². The van der Waals surface area contributed by atoms with Gasteiger partial charge in [0.25, 0.3) is 0 Å². The second-order valence-corrected chi connectivity index (χ2v) is 8.46. The quantitative estimate of drug-likeness (QED) is 0.542. The Balaban J connectivity index is 1.92. The Hall–Kier alpha value is -2.12. The van der Waals surface area contributed by atoms with E-state index in [2.05, 4.69) is 15.6 Å². The molecule has 0 radical (unpaired) electrons. The molecule has 0 atom stereocenters. The Morgan fingerprint density at radius 3 is 2.37 bits per heavy atom. The maximum atomic E-state index is 13.2. The normalized spacial score (nSPS) is 12.1. The average Bonchev–Trinajstić information content (AvgIpc) is 2.62. The van der Waals surface area contributed by atoms with Crippen LogP contribution in [-0.4, -0.2) is 33.7 Å². The first-order valence-corrected chi connectivity index (χ1v) is 10.8. The van der Waals surface area contributed by atoms with Gasteiger partial charge in [-0.1, -0.05) is 29.8 Å². The number of rotatable bonds is 7. The van der Waals surface area contributed by atoms with Crippen molar-refractivity contribution >= 4 is 27.4 Å². The third-order valence-corrected chi connectivity index (χ3v) is 5.22. The number of nitrogens with zero attached hydrogens (tertiary/aromatic N) is 1. The van der Waals surface area contributed by atoms with Crippen molar-refractivity contribution in [1.82, 2.24) is 10.6 Å². The fraction of sp³-hybridized carbons (Fsp3) is 0.316. The van der Waals surface area contributed by atoms with E-state index >= 15 is 0 Å². The minimum Gasteiger partial charge on any atom is -0.357 e. The second-order valence-electron chi connectivity index (χ2n) is 6.04. The molecule has 5 nitrogen and oxygen atoms in total. The summed E-state index contributed by atoms with van der Waals surface area (Å²) in [6, 6.07) is 11.4. The van der Waals surface area contributed by atoms with Crippen molar-refractivity contribution in [1.29, 1.82) is 0 Å². The maximum absolute atomic E-state index is 13.2. The van der Waals surface area contributed by atoms with Crippen molar-refractivity contribution in [3.8, 4) is 0 Å². The lowest BCUT2D eigenvalue weighted by atomic mass is 10.1. The summed E-state index contributed by atoms with van der Waals surface area (Å²) in [5, 5.41) is 6.45. The van der Waals surface area contributed by atoms with Gasteiger partial charge >= 0.3 is 0 Å². The molecule has 2 rings (SSSR count). The summed E-state index contributed by atoms with van der Waals surface area (Å²) in [4.78, 5) is 4.78. The lowest BCUT2D eigenvalue weighted by molar-refractivity contribution is 0.602. The number of hydrogen-bond donors (Lipinski definition) is 2. The van der Waals surface area contributed by atoms with Crippen LogP contribution in [0.2, 0.25) is 5.02 Å². The highest BCUT2D eigenvalue weighted by molar-refractivity contribution is 7.90. The molecule has 2 N–H and O–H groups in total. The number of aliphatic imine (C=N–C) groups is 1. The molecule has 0 saturated heterocycles. The van der Waals surface area contributed by atoms with Crippen molar-refractivity contribution in [2.24, 2.45) is 4.99 Å². The average molecular weight is 412 g/mol. The van der Waals surface area contributed by atoms with Crippen molar-refractivity contribution < 1.29 is 12.8 Å². The zero-order chi connectivity index (χ0) is 19.9. The number of halogens is 2. The molecular formula is C19H23ClFN3O2S. The standard InChI is InChI=1S/C19H23ClFN3O2S/c1-3-22-19(24-13-15-6-9-18(21)17(20)12-15)23-11-10-14-4-7-16(8-5-14)27(2,25)26/h4-9,12H,3,10-11,13H2,1-2H3,(H2,22,23,24). The van der Waals surface area contributed by atoms with E-state index in [9.17, 15) is 12.8 Å². The molecule has 8 heteroatoms. The van der Waals surface area contributed by atoms with Gasteiger partial charge in [0, 0.05) is 19.3 Å². The predicted octanol–water partition coefficient (Wildman–Crippen LogP) is 3.18. The number of hydrogen-bond acceptors (Lipinski definition) is 3. The highest BCUT2D eigenvalue weighted by atomic mass is 35.5. The third-order valence-electron chi connectivity index (χ3n) is 3.81. The molecule has 0 aliphatic carbocycles. The molecule has 0 amide bonds. The molecule has 0 fully saturated rings. The van der Waals surface area contributed by atoms with E-state index in [1.165, 1.54) is 12.3 Å². The summed E-state index contributed by atoms with van der Waals surface area (Å²) in [5.74, 6) is 0.196. The van der Waals surface area contributed by atoms with Gasteiger partial charge in [0.2, 0.25) is 0 Å². The molecule has 2 aromatic rings. The monoisotopic (exact) mass is 411 g/mol. The topological polar surface area (TPSA) is 70.6 Å². The molecule has 0 aromatic heterocycles. The van der Waals surface area contributed by atoms with Crippen molar-refractivity contribution in [3.63, 3.8) is 0 Å². The van der Waals surface area contributed by atoms with E-state index in [0.29, 0.717) is 30.5 Å². The van der Waals surface area contributed by atoms with Crippen LogP contribution in [0.5, 0.6) is 0 Å². The number of benzene rings is 2. The number of sulfone groups is 1. The summed E-state index contributed by atoms with van der Waals surface area (Å²) in [5.41, 5.74) is 1.84. The molecule has 0 heterocycles. The lowest BCUT2D eigenvalue weighted by Crippen LogP contribution is -2.38. The van der Waals surface area contributed by atoms with Crippen LogP contribution < -0.4 is 10.6 Å². The van der Waals surface area contributed by atoms with Crippen molar-refractivity contribution in [3.05, 3.63) is 64.4 Å². The van der Waals surface area contributed by atoms with Crippen LogP contribution in [0.3, 0.4) is 0 Å². The molecule has 0 saturated carbocycles. The first-order chi connectivity index (χ1) is 12.8. The summed E-state index contributed by atoms with van der Waals surface area (Å²) in [6.45, 7) is 3.68. The summed E-state index contributed by atoms with van der Waals surface area (Å²) >= 11 is 5.79.